The Kier molecular flexibility index (Phi) is 4.60. The maximum absolute atomic E-state index is 14.3. The van der Waals surface area contributed by atoms with Gasteiger partial charge in [0.2, 0.25) is 0 Å². The van der Waals surface area contributed by atoms with E-state index in [1.165, 1.54) is 11.6 Å². The summed E-state index contributed by atoms with van der Waals surface area (Å²) in [6, 6.07) is 18.5. The highest BCUT2D eigenvalue weighted by atomic mass is 32.1. The highest BCUT2D eigenvalue weighted by Crippen LogP contribution is 2.39. The summed E-state index contributed by atoms with van der Waals surface area (Å²) in [4.78, 5) is 5.49. The molecule has 1 N–H and O–H groups in total. The Bertz CT molecular complexity index is 1080. The van der Waals surface area contributed by atoms with E-state index in [1.807, 2.05) is 36.4 Å². The molecule has 3 nitrogen and oxygen atoms in total. The molecule has 0 unspecified atom stereocenters. The highest BCUT2D eigenvalue weighted by molar-refractivity contribution is 7.79. The Balaban J connectivity index is 1.71. The van der Waals surface area contributed by atoms with Gasteiger partial charge in [-0.3, -0.25) is 4.98 Å². The number of aromatic nitrogens is 1. The zero-order valence-electron chi connectivity index (χ0n) is 13.5. The molecule has 0 radical (unpaired) electrons. The third-order valence-corrected chi connectivity index (χ3v) is 5.12. The number of rotatable bonds is 5. The Morgan fingerprint density at radius 3 is 2.65 bits per heavy atom. The molecule has 26 heavy (non-hydrogen) atoms. The lowest BCUT2D eigenvalue weighted by atomic mass is 10.2. The van der Waals surface area contributed by atoms with Crippen molar-refractivity contribution >= 4 is 45.0 Å². The van der Waals surface area contributed by atoms with Crippen molar-refractivity contribution in [3.63, 3.8) is 0 Å². The Labute approximate surface area is 159 Å². The number of hydrogen-bond acceptors (Lipinski definition) is 4. The third-order valence-electron chi connectivity index (χ3n) is 3.81. The van der Waals surface area contributed by atoms with Gasteiger partial charge in [0.05, 0.1) is 15.7 Å². The molecule has 0 saturated heterocycles. The molecule has 0 amide bonds. The first-order chi connectivity index (χ1) is 12.7. The number of halogens is 1. The summed E-state index contributed by atoms with van der Waals surface area (Å²) in [5.74, 6) is 0.273. The van der Waals surface area contributed by atoms with Crippen molar-refractivity contribution in [2.24, 2.45) is 0 Å². The highest BCUT2D eigenvalue weighted by Gasteiger charge is 2.13. The fourth-order valence-electron chi connectivity index (χ4n) is 2.60. The largest absolute Gasteiger partial charge is 0.453 e. The second-order valence-corrected chi connectivity index (χ2v) is 6.80. The van der Waals surface area contributed by atoms with Crippen LogP contribution in [0.3, 0.4) is 0 Å². The van der Waals surface area contributed by atoms with Crippen molar-refractivity contribution in [3.8, 4) is 21.9 Å². The number of fused-ring (bicyclic) bond motifs is 1. The van der Waals surface area contributed by atoms with E-state index in [2.05, 4.69) is 10.3 Å². The predicted octanol–water partition coefficient (Wildman–Crippen LogP) is 6.26. The number of ether oxygens (including phenoxy) is 1. The van der Waals surface area contributed by atoms with E-state index in [4.69, 9.17) is 17.0 Å². The standard InChI is InChI=1S/C20H13FN2OS2/c21-15-10-14(23-12-25)6-7-17(15)24-18-8-9-22-16-11-19(26-20(16)18)13-4-2-1-3-5-13/h1-12H,(H,23,25). The molecule has 0 bridgehead atoms. The number of pyridine rings is 1. The van der Waals surface area contributed by atoms with Crippen molar-refractivity contribution in [2.75, 3.05) is 5.32 Å². The van der Waals surface area contributed by atoms with Gasteiger partial charge in [-0.2, -0.15) is 0 Å². The molecule has 0 aliphatic carbocycles. The number of anilines is 1. The van der Waals surface area contributed by atoms with Crippen molar-refractivity contribution < 1.29 is 9.13 Å². The van der Waals surface area contributed by atoms with Crippen molar-refractivity contribution in [2.45, 2.75) is 0 Å². The molecule has 0 fully saturated rings. The topological polar surface area (TPSA) is 34.1 Å². The van der Waals surface area contributed by atoms with E-state index in [9.17, 15) is 4.39 Å². The van der Waals surface area contributed by atoms with Crippen LogP contribution in [-0.4, -0.2) is 10.5 Å². The lowest BCUT2D eigenvalue weighted by molar-refractivity contribution is 0.447. The normalized spacial score (nSPS) is 10.7. The Morgan fingerprint density at radius 1 is 1.04 bits per heavy atom. The van der Waals surface area contributed by atoms with E-state index >= 15 is 0 Å². The van der Waals surface area contributed by atoms with Gasteiger partial charge in [-0.1, -0.05) is 42.5 Å². The van der Waals surface area contributed by atoms with Crippen LogP contribution in [0, 0.1) is 5.82 Å². The van der Waals surface area contributed by atoms with E-state index in [0.717, 1.165) is 20.7 Å². The van der Waals surface area contributed by atoms with Crippen LogP contribution in [0.2, 0.25) is 0 Å². The van der Waals surface area contributed by atoms with Crippen molar-refractivity contribution in [1.29, 1.82) is 0 Å². The molecule has 2 aromatic carbocycles. The summed E-state index contributed by atoms with van der Waals surface area (Å²) in [5, 5.41) is 2.78. The van der Waals surface area contributed by atoms with Crippen LogP contribution < -0.4 is 10.1 Å². The molecule has 2 heterocycles. The van der Waals surface area contributed by atoms with Crippen molar-refractivity contribution in [3.05, 3.63) is 72.7 Å². The molecule has 4 rings (SSSR count). The third kappa shape index (κ3) is 3.29. The number of hydrogen-bond donors (Lipinski definition) is 1. The van der Waals surface area contributed by atoms with E-state index < -0.39 is 5.82 Å². The first-order valence-corrected chi connectivity index (χ1v) is 9.15. The number of benzene rings is 2. The predicted molar refractivity (Wildman–Crippen MR) is 109 cm³/mol. The van der Waals surface area contributed by atoms with Crippen LogP contribution >= 0.6 is 23.6 Å². The summed E-state index contributed by atoms with van der Waals surface area (Å²) in [7, 11) is 0. The Morgan fingerprint density at radius 2 is 1.88 bits per heavy atom. The number of thiophene rings is 1. The molecule has 0 atom stereocenters. The van der Waals surface area contributed by atoms with E-state index in [-0.39, 0.29) is 5.75 Å². The molecule has 4 aromatic rings. The number of nitrogens with one attached hydrogen (secondary N) is 1. The first kappa shape index (κ1) is 16.6. The molecule has 128 valence electrons. The maximum atomic E-state index is 14.3. The molecular weight excluding hydrogens is 367 g/mol. The van der Waals surface area contributed by atoms with Gasteiger partial charge in [0.15, 0.2) is 11.6 Å². The minimum atomic E-state index is -0.461. The molecular formula is C20H13FN2OS2. The molecule has 0 aliphatic rings. The molecule has 0 saturated carbocycles. The summed E-state index contributed by atoms with van der Waals surface area (Å²) in [6.45, 7) is 0. The van der Waals surface area contributed by atoms with Gasteiger partial charge in [-0.05, 0) is 23.8 Å². The lowest BCUT2D eigenvalue weighted by Gasteiger charge is -2.08. The van der Waals surface area contributed by atoms with Gasteiger partial charge in [-0.25, -0.2) is 4.39 Å². The van der Waals surface area contributed by atoms with Gasteiger partial charge >= 0.3 is 0 Å². The number of thiocarbonyl (C=S) groups is 1. The van der Waals surface area contributed by atoms with Gasteiger partial charge in [-0.15, -0.1) is 11.3 Å². The maximum Gasteiger partial charge on any atom is 0.167 e. The van der Waals surface area contributed by atoms with Gasteiger partial charge in [0.1, 0.15) is 5.75 Å². The zero-order chi connectivity index (χ0) is 17.9. The molecule has 2 aromatic heterocycles. The van der Waals surface area contributed by atoms with Gasteiger partial charge in [0, 0.05) is 28.9 Å². The number of nitrogens with zero attached hydrogens (tertiary/aromatic N) is 1. The van der Waals surface area contributed by atoms with Crippen LogP contribution in [-0.2, 0) is 0 Å². The van der Waals surface area contributed by atoms with E-state index in [1.54, 1.807) is 35.7 Å². The van der Waals surface area contributed by atoms with Crippen LogP contribution in [0.25, 0.3) is 20.7 Å². The molecule has 0 aliphatic heterocycles. The fraction of sp³-hybridized carbons (Fsp3) is 0. The lowest BCUT2D eigenvalue weighted by Crippen LogP contribution is -1.94. The summed E-state index contributed by atoms with van der Waals surface area (Å²) in [5.41, 5.74) is 3.85. The quantitative estimate of drug-likeness (QED) is 0.414. The minimum absolute atomic E-state index is 0.155. The van der Waals surface area contributed by atoms with Crippen LogP contribution in [0.4, 0.5) is 10.1 Å². The molecule has 0 spiro atoms. The second kappa shape index (κ2) is 7.19. The van der Waals surface area contributed by atoms with Crippen LogP contribution in [0.15, 0.2) is 66.9 Å². The summed E-state index contributed by atoms with van der Waals surface area (Å²) >= 11 is 6.29. The van der Waals surface area contributed by atoms with Crippen LogP contribution in [0.1, 0.15) is 0 Å². The van der Waals surface area contributed by atoms with Crippen LogP contribution in [0.5, 0.6) is 11.5 Å². The zero-order valence-corrected chi connectivity index (χ0v) is 15.1. The fourth-order valence-corrected chi connectivity index (χ4v) is 3.81. The average molecular weight is 380 g/mol. The minimum Gasteiger partial charge on any atom is -0.453 e. The smallest absolute Gasteiger partial charge is 0.167 e. The summed E-state index contributed by atoms with van der Waals surface area (Å²) in [6.07, 6.45) is 1.67. The second-order valence-electron chi connectivity index (χ2n) is 5.51. The first-order valence-electron chi connectivity index (χ1n) is 7.86. The van der Waals surface area contributed by atoms with Gasteiger partial charge < -0.3 is 10.1 Å². The Hall–Kier alpha value is -2.83. The molecule has 6 heteroatoms. The van der Waals surface area contributed by atoms with E-state index in [0.29, 0.717) is 11.4 Å². The average Bonchev–Trinajstić information content (AvgIpc) is 3.10. The van der Waals surface area contributed by atoms with Gasteiger partial charge in [0.25, 0.3) is 0 Å². The summed E-state index contributed by atoms with van der Waals surface area (Å²) < 4.78 is 21.0. The SMILES string of the molecule is Fc1cc(NC=S)ccc1Oc1ccnc2cc(-c3ccccc3)sc12. The monoisotopic (exact) mass is 380 g/mol. The van der Waals surface area contributed by atoms with Crippen molar-refractivity contribution in [1.82, 2.24) is 4.98 Å².